The highest BCUT2D eigenvalue weighted by Gasteiger charge is 2.36. The van der Waals surface area contributed by atoms with Gasteiger partial charge < -0.3 is 10.3 Å². The molecule has 0 spiro atoms. The Morgan fingerprint density at radius 2 is 1.95 bits per heavy atom. The first kappa shape index (κ1) is 13.4. The van der Waals surface area contributed by atoms with Crippen LogP contribution in [0.15, 0.2) is 24.3 Å². The minimum Gasteiger partial charge on any atom is -0.325 e. The number of nitrogens with zero attached hydrogens (tertiary/aromatic N) is 2. The number of benzene rings is 1. The fourth-order valence-corrected chi connectivity index (χ4v) is 2.74. The Kier molecular flexibility index (Phi) is 3.01. The summed E-state index contributed by atoms with van der Waals surface area (Å²) in [6.07, 6.45) is -1.13. The molecule has 2 aromatic rings. The Morgan fingerprint density at radius 3 is 2.55 bits per heavy atom. The summed E-state index contributed by atoms with van der Waals surface area (Å²) in [5.41, 5.74) is 6.88. The first-order valence-corrected chi connectivity index (χ1v) is 6.66. The predicted octanol–water partition coefficient (Wildman–Crippen LogP) is 3.02. The normalized spacial score (nSPS) is 18.2. The number of nitrogens with two attached hydrogens (primary N) is 1. The molecule has 1 aliphatic carbocycles. The quantitative estimate of drug-likeness (QED) is 0.941. The third kappa shape index (κ3) is 2.52. The molecule has 0 bridgehead atoms. The van der Waals surface area contributed by atoms with Gasteiger partial charge in [-0.3, -0.25) is 0 Å². The van der Waals surface area contributed by atoms with Crippen LogP contribution in [0.3, 0.4) is 0 Å². The van der Waals surface area contributed by atoms with Gasteiger partial charge in [0.15, 0.2) is 0 Å². The van der Waals surface area contributed by atoms with E-state index in [0.29, 0.717) is 23.3 Å². The molecule has 1 saturated carbocycles. The Hall–Kier alpha value is -1.56. The number of fused-ring (bicyclic) bond motifs is 1. The van der Waals surface area contributed by atoms with Gasteiger partial charge >= 0.3 is 6.18 Å². The van der Waals surface area contributed by atoms with Crippen molar-refractivity contribution in [3.63, 3.8) is 0 Å². The van der Waals surface area contributed by atoms with Crippen molar-refractivity contribution in [2.45, 2.75) is 43.9 Å². The van der Waals surface area contributed by atoms with Gasteiger partial charge in [-0.1, -0.05) is 12.1 Å². The summed E-state index contributed by atoms with van der Waals surface area (Å²) in [4.78, 5) is 4.35. The van der Waals surface area contributed by atoms with Crippen LogP contribution < -0.4 is 5.73 Å². The second-order valence-electron chi connectivity index (χ2n) is 5.61. The largest absolute Gasteiger partial charge is 0.406 e. The second-order valence-corrected chi connectivity index (χ2v) is 5.61. The molecule has 1 fully saturated rings. The summed E-state index contributed by atoms with van der Waals surface area (Å²) in [6, 6.07) is 6.90. The van der Waals surface area contributed by atoms with Crippen molar-refractivity contribution < 1.29 is 13.2 Å². The van der Waals surface area contributed by atoms with Crippen LogP contribution in [0.25, 0.3) is 11.0 Å². The second kappa shape index (κ2) is 4.48. The van der Waals surface area contributed by atoms with E-state index in [9.17, 15) is 13.2 Å². The molecule has 0 radical (unpaired) electrons. The number of imidazole rings is 1. The lowest BCUT2D eigenvalue weighted by atomic mass is 9.75. The van der Waals surface area contributed by atoms with E-state index in [1.807, 2.05) is 0 Å². The SMILES string of the molecule is NC1(Cc2nc3ccccc3n2CC(F)(F)F)CCC1. The molecule has 3 rings (SSSR count). The van der Waals surface area contributed by atoms with Gasteiger partial charge in [0.2, 0.25) is 0 Å². The van der Waals surface area contributed by atoms with Crippen molar-refractivity contribution in [3.8, 4) is 0 Å². The zero-order chi connectivity index (χ0) is 14.4. The topological polar surface area (TPSA) is 43.8 Å². The van der Waals surface area contributed by atoms with Crippen LogP contribution in [0.5, 0.6) is 0 Å². The Morgan fingerprint density at radius 1 is 1.25 bits per heavy atom. The van der Waals surface area contributed by atoms with Crippen molar-refractivity contribution in [2.24, 2.45) is 5.73 Å². The molecule has 2 N–H and O–H groups in total. The molecular formula is C14H16F3N3. The van der Waals surface area contributed by atoms with E-state index in [4.69, 9.17) is 5.73 Å². The van der Waals surface area contributed by atoms with Gasteiger partial charge in [-0.05, 0) is 31.4 Å². The number of para-hydroxylation sites is 2. The van der Waals surface area contributed by atoms with Crippen LogP contribution in [-0.2, 0) is 13.0 Å². The summed E-state index contributed by atoms with van der Waals surface area (Å²) in [7, 11) is 0. The molecule has 0 aliphatic heterocycles. The van der Waals surface area contributed by atoms with Gasteiger partial charge in [-0.15, -0.1) is 0 Å². The highest BCUT2D eigenvalue weighted by Crippen LogP contribution is 2.33. The number of hydrogen-bond acceptors (Lipinski definition) is 2. The molecule has 0 atom stereocenters. The van der Waals surface area contributed by atoms with Crippen molar-refractivity contribution in [1.82, 2.24) is 9.55 Å². The van der Waals surface area contributed by atoms with Crippen molar-refractivity contribution in [2.75, 3.05) is 0 Å². The van der Waals surface area contributed by atoms with Gasteiger partial charge in [0, 0.05) is 12.0 Å². The zero-order valence-corrected chi connectivity index (χ0v) is 11.0. The van der Waals surface area contributed by atoms with Crippen LogP contribution in [0.2, 0.25) is 0 Å². The third-order valence-electron chi connectivity index (χ3n) is 3.93. The highest BCUT2D eigenvalue weighted by atomic mass is 19.4. The maximum Gasteiger partial charge on any atom is 0.406 e. The molecule has 20 heavy (non-hydrogen) atoms. The van der Waals surface area contributed by atoms with E-state index in [1.165, 1.54) is 4.57 Å². The molecule has 6 heteroatoms. The lowest BCUT2D eigenvalue weighted by molar-refractivity contribution is -0.140. The monoisotopic (exact) mass is 283 g/mol. The predicted molar refractivity (Wildman–Crippen MR) is 70.3 cm³/mol. The number of aromatic nitrogens is 2. The van der Waals surface area contributed by atoms with E-state index < -0.39 is 12.7 Å². The van der Waals surface area contributed by atoms with E-state index in [2.05, 4.69) is 4.98 Å². The molecule has 108 valence electrons. The molecule has 1 aromatic heterocycles. The summed E-state index contributed by atoms with van der Waals surface area (Å²) in [6.45, 7) is -1.01. The molecular weight excluding hydrogens is 267 g/mol. The Balaban J connectivity index is 2.02. The van der Waals surface area contributed by atoms with Crippen LogP contribution in [-0.4, -0.2) is 21.3 Å². The molecule has 1 heterocycles. The zero-order valence-electron chi connectivity index (χ0n) is 11.0. The molecule has 0 saturated heterocycles. The Bertz CT molecular complexity index is 626. The first-order chi connectivity index (χ1) is 9.36. The summed E-state index contributed by atoms with van der Waals surface area (Å²) >= 11 is 0. The van der Waals surface area contributed by atoms with Crippen LogP contribution in [0.1, 0.15) is 25.1 Å². The summed E-state index contributed by atoms with van der Waals surface area (Å²) < 4.78 is 39.6. The molecule has 1 aromatic carbocycles. The van der Waals surface area contributed by atoms with Gasteiger partial charge in [0.05, 0.1) is 11.0 Å². The van der Waals surface area contributed by atoms with E-state index in [-0.39, 0.29) is 5.54 Å². The lowest BCUT2D eigenvalue weighted by Gasteiger charge is -2.37. The van der Waals surface area contributed by atoms with Crippen LogP contribution in [0, 0.1) is 0 Å². The fraction of sp³-hybridized carbons (Fsp3) is 0.500. The molecule has 3 nitrogen and oxygen atoms in total. The summed E-state index contributed by atoms with van der Waals surface area (Å²) in [5, 5.41) is 0. The number of hydrogen-bond donors (Lipinski definition) is 1. The van der Waals surface area contributed by atoms with E-state index in [0.717, 1.165) is 19.3 Å². The number of halogens is 3. The third-order valence-corrected chi connectivity index (χ3v) is 3.93. The molecule has 1 aliphatic rings. The van der Waals surface area contributed by atoms with Crippen LogP contribution >= 0.6 is 0 Å². The minimum absolute atomic E-state index is 0.384. The van der Waals surface area contributed by atoms with Gasteiger partial charge in [-0.25, -0.2) is 4.98 Å². The van der Waals surface area contributed by atoms with Crippen molar-refractivity contribution in [1.29, 1.82) is 0 Å². The van der Waals surface area contributed by atoms with Gasteiger partial charge in [-0.2, -0.15) is 13.2 Å². The van der Waals surface area contributed by atoms with E-state index in [1.54, 1.807) is 24.3 Å². The standard InChI is InChI=1S/C14H16F3N3/c15-14(16,17)9-20-11-5-2-1-4-10(11)19-12(20)8-13(18)6-3-7-13/h1-2,4-5H,3,6-9,18H2. The van der Waals surface area contributed by atoms with Crippen LogP contribution in [0.4, 0.5) is 13.2 Å². The highest BCUT2D eigenvalue weighted by molar-refractivity contribution is 5.76. The smallest absolute Gasteiger partial charge is 0.325 e. The number of alkyl halides is 3. The maximum absolute atomic E-state index is 12.8. The average Bonchev–Trinajstić information content (AvgIpc) is 2.64. The number of rotatable bonds is 3. The van der Waals surface area contributed by atoms with Gasteiger partial charge in [0.25, 0.3) is 0 Å². The van der Waals surface area contributed by atoms with Crippen molar-refractivity contribution >= 4 is 11.0 Å². The minimum atomic E-state index is -4.26. The van der Waals surface area contributed by atoms with E-state index >= 15 is 0 Å². The molecule has 0 unspecified atom stereocenters. The molecule has 0 amide bonds. The summed E-state index contributed by atoms with van der Waals surface area (Å²) in [5.74, 6) is 0.436. The fourth-order valence-electron chi connectivity index (χ4n) is 2.74. The lowest BCUT2D eigenvalue weighted by Crippen LogP contribution is -2.49. The maximum atomic E-state index is 12.8. The average molecular weight is 283 g/mol. The van der Waals surface area contributed by atoms with Crippen molar-refractivity contribution in [3.05, 3.63) is 30.1 Å². The van der Waals surface area contributed by atoms with Gasteiger partial charge in [0.1, 0.15) is 12.4 Å². The first-order valence-electron chi connectivity index (χ1n) is 6.66. The Labute approximate surface area is 114 Å².